The summed E-state index contributed by atoms with van der Waals surface area (Å²) >= 11 is 2.58. The van der Waals surface area contributed by atoms with Crippen LogP contribution in [0.25, 0.3) is 22.5 Å². The predicted octanol–water partition coefficient (Wildman–Crippen LogP) is 5.85. The number of amides is 1. The highest BCUT2D eigenvalue weighted by atomic mass is 32.2. The van der Waals surface area contributed by atoms with Crippen LogP contribution in [0.4, 0.5) is 5.00 Å². The number of aromatic nitrogens is 3. The molecule has 0 aliphatic rings. The van der Waals surface area contributed by atoms with Crippen LogP contribution >= 0.6 is 23.1 Å². The van der Waals surface area contributed by atoms with Gasteiger partial charge in [-0.15, -0.1) is 21.5 Å². The number of benzene rings is 2. The smallest absolute Gasteiger partial charge is 0.341 e. The maximum absolute atomic E-state index is 12.7. The largest absolute Gasteiger partial charge is 0.465 e. The summed E-state index contributed by atoms with van der Waals surface area (Å²) in [5.74, 6) is 0.584. The van der Waals surface area contributed by atoms with Crippen molar-refractivity contribution in [2.75, 3.05) is 18.2 Å². The first-order valence-corrected chi connectivity index (χ1v) is 12.9. The molecule has 0 fully saturated rings. The number of hydrogen-bond donors (Lipinski definition) is 1. The molecule has 0 aliphatic carbocycles. The Morgan fingerprint density at radius 3 is 2.43 bits per heavy atom. The average molecular weight is 507 g/mol. The fourth-order valence-electron chi connectivity index (χ4n) is 3.59. The van der Waals surface area contributed by atoms with Gasteiger partial charge in [-0.25, -0.2) is 4.79 Å². The zero-order valence-electron chi connectivity index (χ0n) is 19.9. The SMILES string of the molecule is COC(=O)c1c(-c2ccccc2)csc1NC(=O)CSc1nnc(-c2ccc(C(C)C)cc2)n1C. The Balaban J connectivity index is 1.46. The van der Waals surface area contributed by atoms with Crippen LogP contribution in [-0.2, 0) is 16.6 Å². The molecule has 0 aliphatic heterocycles. The van der Waals surface area contributed by atoms with Crippen LogP contribution in [0.3, 0.4) is 0 Å². The molecule has 0 radical (unpaired) electrons. The predicted molar refractivity (Wildman–Crippen MR) is 141 cm³/mol. The topological polar surface area (TPSA) is 86.1 Å². The number of hydrogen-bond acceptors (Lipinski definition) is 7. The van der Waals surface area contributed by atoms with Gasteiger partial charge in [0, 0.05) is 23.6 Å². The van der Waals surface area contributed by atoms with Crippen molar-refractivity contribution < 1.29 is 14.3 Å². The number of nitrogens with one attached hydrogen (secondary N) is 1. The van der Waals surface area contributed by atoms with E-state index >= 15 is 0 Å². The summed E-state index contributed by atoms with van der Waals surface area (Å²) in [6.45, 7) is 4.31. The molecule has 2 aromatic heterocycles. The van der Waals surface area contributed by atoms with Gasteiger partial charge in [0.1, 0.15) is 10.6 Å². The Hall–Kier alpha value is -3.43. The maximum Gasteiger partial charge on any atom is 0.341 e. The Bertz CT molecular complexity index is 1330. The normalized spacial score (nSPS) is 11.0. The minimum Gasteiger partial charge on any atom is -0.465 e. The molecule has 180 valence electrons. The second-order valence-electron chi connectivity index (χ2n) is 8.19. The van der Waals surface area contributed by atoms with Crippen molar-refractivity contribution in [2.45, 2.75) is 24.9 Å². The zero-order valence-corrected chi connectivity index (χ0v) is 21.6. The number of thiophene rings is 1. The summed E-state index contributed by atoms with van der Waals surface area (Å²) in [4.78, 5) is 25.2. The van der Waals surface area contributed by atoms with Crippen molar-refractivity contribution in [3.05, 3.63) is 71.1 Å². The van der Waals surface area contributed by atoms with Crippen molar-refractivity contribution in [3.63, 3.8) is 0 Å². The molecule has 2 heterocycles. The highest BCUT2D eigenvalue weighted by molar-refractivity contribution is 7.99. The molecule has 9 heteroatoms. The quantitative estimate of drug-likeness (QED) is 0.238. The third kappa shape index (κ3) is 5.47. The second-order valence-corrected chi connectivity index (χ2v) is 10.0. The fourth-order valence-corrected chi connectivity index (χ4v) is 5.27. The molecule has 4 rings (SSSR count). The number of anilines is 1. The number of methoxy groups -OCH3 is 1. The van der Waals surface area contributed by atoms with Crippen LogP contribution in [-0.4, -0.2) is 39.5 Å². The third-order valence-electron chi connectivity index (χ3n) is 5.52. The molecule has 0 bridgehead atoms. The zero-order chi connectivity index (χ0) is 24.9. The highest BCUT2D eigenvalue weighted by Crippen LogP contribution is 2.36. The number of nitrogens with zero attached hydrogens (tertiary/aromatic N) is 3. The van der Waals surface area contributed by atoms with Crippen molar-refractivity contribution in [1.82, 2.24) is 14.8 Å². The lowest BCUT2D eigenvalue weighted by Crippen LogP contribution is -2.16. The first kappa shape index (κ1) is 24.7. The summed E-state index contributed by atoms with van der Waals surface area (Å²) in [5, 5.41) is 14.4. The summed E-state index contributed by atoms with van der Waals surface area (Å²) in [6, 6.07) is 17.8. The van der Waals surface area contributed by atoms with E-state index in [9.17, 15) is 9.59 Å². The van der Waals surface area contributed by atoms with Crippen molar-refractivity contribution >= 4 is 40.0 Å². The summed E-state index contributed by atoms with van der Waals surface area (Å²) < 4.78 is 6.85. The molecular formula is C26H26N4O3S2. The van der Waals surface area contributed by atoms with E-state index in [2.05, 4.69) is 41.5 Å². The molecule has 0 spiro atoms. The van der Waals surface area contributed by atoms with Crippen molar-refractivity contribution in [3.8, 4) is 22.5 Å². The van der Waals surface area contributed by atoms with E-state index in [-0.39, 0.29) is 11.7 Å². The Kier molecular flexibility index (Phi) is 7.67. The molecule has 1 amide bonds. The number of ether oxygens (including phenoxy) is 1. The molecule has 0 saturated carbocycles. The summed E-state index contributed by atoms with van der Waals surface area (Å²) in [7, 11) is 3.21. The van der Waals surface area contributed by atoms with Gasteiger partial charge in [0.05, 0.1) is 12.9 Å². The van der Waals surface area contributed by atoms with E-state index in [0.717, 1.165) is 22.5 Å². The lowest BCUT2D eigenvalue weighted by Gasteiger charge is -2.08. The highest BCUT2D eigenvalue weighted by Gasteiger charge is 2.22. The first-order valence-electron chi connectivity index (χ1n) is 11.1. The van der Waals surface area contributed by atoms with Gasteiger partial charge >= 0.3 is 5.97 Å². The lowest BCUT2D eigenvalue weighted by atomic mass is 10.0. The van der Waals surface area contributed by atoms with Gasteiger partial charge in [-0.2, -0.15) is 0 Å². The monoisotopic (exact) mass is 506 g/mol. The Morgan fingerprint density at radius 2 is 1.77 bits per heavy atom. The van der Waals surface area contributed by atoms with Crippen molar-refractivity contribution in [2.24, 2.45) is 7.05 Å². The van der Waals surface area contributed by atoms with Crippen LogP contribution in [0.5, 0.6) is 0 Å². The van der Waals surface area contributed by atoms with Crippen LogP contribution in [0.15, 0.2) is 65.1 Å². The molecule has 1 N–H and O–H groups in total. The van der Waals surface area contributed by atoms with E-state index in [4.69, 9.17) is 4.74 Å². The standard InChI is InChI=1S/C26H26N4O3S2/c1-16(2)17-10-12-19(13-11-17)23-28-29-26(30(23)3)35-15-21(31)27-24-22(25(32)33-4)20(14-34-24)18-8-6-5-7-9-18/h5-14,16H,15H2,1-4H3,(H,27,31). The minimum atomic E-state index is -0.491. The van der Waals surface area contributed by atoms with Crippen molar-refractivity contribution in [1.29, 1.82) is 0 Å². The molecule has 0 unspecified atom stereocenters. The number of esters is 1. The van der Waals surface area contributed by atoms with Gasteiger partial charge in [0.25, 0.3) is 0 Å². The Morgan fingerprint density at radius 1 is 1.06 bits per heavy atom. The van der Waals surface area contributed by atoms with Gasteiger partial charge in [-0.3, -0.25) is 4.79 Å². The molecule has 0 atom stereocenters. The minimum absolute atomic E-state index is 0.122. The number of rotatable bonds is 8. The van der Waals surface area contributed by atoms with E-state index in [1.54, 1.807) is 0 Å². The molecule has 0 saturated heterocycles. The van der Waals surface area contributed by atoms with Crippen LogP contribution in [0.2, 0.25) is 0 Å². The molecule has 35 heavy (non-hydrogen) atoms. The average Bonchev–Trinajstić information content (AvgIpc) is 3.46. The van der Waals surface area contributed by atoms with Crippen LogP contribution < -0.4 is 5.32 Å². The summed E-state index contributed by atoms with van der Waals surface area (Å²) in [5.41, 5.74) is 4.19. The van der Waals surface area contributed by atoms with Gasteiger partial charge in [0.15, 0.2) is 11.0 Å². The number of carbonyl (C=O) groups is 2. The van der Waals surface area contributed by atoms with Gasteiger partial charge in [-0.1, -0.05) is 80.2 Å². The number of carbonyl (C=O) groups excluding carboxylic acids is 2. The van der Waals surface area contributed by atoms with E-state index in [0.29, 0.717) is 21.6 Å². The fraction of sp³-hybridized carbons (Fsp3) is 0.231. The van der Waals surface area contributed by atoms with Gasteiger partial charge in [-0.05, 0) is 17.0 Å². The molecule has 4 aromatic rings. The summed E-state index contributed by atoms with van der Waals surface area (Å²) in [6.07, 6.45) is 0. The van der Waals surface area contributed by atoms with E-state index in [1.165, 1.54) is 35.8 Å². The van der Waals surface area contributed by atoms with E-state index < -0.39 is 5.97 Å². The Labute approximate surface area is 212 Å². The third-order valence-corrected chi connectivity index (χ3v) is 7.44. The van der Waals surface area contributed by atoms with Crippen LogP contribution in [0.1, 0.15) is 35.7 Å². The lowest BCUT2D eigenvalue weighted by molar-refractivity contribution is -0.113. The molecular weight excluding hydrogens is 480 g/mol. The van der Waals surface area contributed by atoms with Gasteiger partial charge < -0.3 is 14.6 Å². The first-order chi connectivity index (χ1) is 16.9. The molecule has 2 aromatic carbocycles. The van der Waals surface area contributed by atoms with E-state index in [1.807, 2.05) is 59.5 Å². The van der Waals surface area contributed by atoms with Crippen LogP contribution in [0, 0.1) is 0 Å². The molecule has 7 nitrogen and oxygen atoms in total. The maximum atomic E-state index is 12.7. The number of thioether (sulfide) groups is 1. The van der Waals surface area contributed by atoms with Gasteiger partial charge in [0.2, 0.25) is 5.91 Å². The second kappa shape index (κ2) is 10.9.